The second-order valence-corrected chi connectivity index (χ2v) is 12.0. The highest BCUT2D eigenvalue weighted by Crippen LogP contribution is 2.34. The summed E-state index contributed by atoms with van der Waals surface area (Å²) in [5, 5.41) is 4.02. The number of hydrogen-bond acceptors (Lipinski definition) is 6. The monoisotopic (exact) mass is 593 g/mol. The number of fused-ring (bicyclic) bond motifs is 1. The van der Waals surface area contributed by atoms with E-state index in [9.17, 15) is 9.59 Å². The molecule has 0 aliphatic carbocycles. The molecule has 4 aromatic rings. The Labute approximate surface area is 255 Å². The quantitative estimate of drug-likeness (QED) is 0.265. The lowest BCUT2D eigenvalue weighted by molar-refractivity contribution is -0.112. The second-order valence-electron chi connectivity index (χ2n) is 10.9. The summed E-state index contributed by atoms with van der Waals surface area (Å²) in [5.74, 6) is 0.834. The minimum Gasteiger partial charge on any atom is -0.378 e. The maximum atomic E-state index is 13.3. The van der Waals surface area contributed by atoms with Crippen molar-refractivity contribution in [2.45, 2.75) is 32.6 Å². The standard InChI is InChI=1S/C34H35N5O3S/c1-22-7-4-3-5-18-43-30(19-22)33(40)38-28-9-6-8-26(23(28)2)31-27-20-29(37-32(27)36-21-35-31)24-10-12-25(13-11-24)34(41)39-14-16-42-17-15-39/h6,8-13,19-21H,1,3-5,7,14-18H2,2H3,(H,38,40)(H,35,36,37)/b30-19-. The van der Waals surface area contributed by atoms with Crippen LogP contribution in [-0.2, 0) is 9.53 Å². The molecule has 1 saturated heterocycles. The van der Waals surface area contributed by atoms with Crippen molar-refractivity contribution in [3.63, 3.8) is 0 Å². The summed E-state index contributed by atoms with van der Waals surface area (Å²) in [5.41, 5.74) is 7.58. The van der Waals surface area contributed by atoms with Crippen molar-refractivity contribution in [3.05, 3.63) is 89.1 Å². The van der Waals surface area contributed by atoms with Gasteiger partial charge in [0.1, 0.15) is 12.0 Å². The number of anilines is 1. The number of carbonyl (C=O) groups excluding carboxylic acids is 2. The summed E-state index contributed by atoms with van der Waals surface area (Å²) in [6.07, 6.45) is 7.77. The van der Waals surface area contributed by atoms with E-state index in [-0.39, 0.29) is 11.8 Å². The van der Waals surface area contributed by atoms with Crippen molar-refractivity contribution in [1.29, 1.82) is 0 Å². The van der Waals surface area contributed by atoms with Gasteiger partial charge in [0, 0.05) is 41.0 Å². The van der Waals surface area contributed by atoms with E-state index in [4.69, 9.17) is 4.74 Å². The Morgan fingerprint density at radius 1 is 1.05 bits per heavy atom. The molecule has 0 atom stereocenters. The van der Waals surface area contributed by atoms with Crippen molar-refractivity contribution in [2.75, 3.05) is 37.4 Å². The van der Waals surface area contributed by atoms with Gasteiger partial charge < -0.3 is 19.9 Å². The van der Waals surface area contributed by atoms with Gasteiger partial charge in [0.15, 0.2) is 0 Å². The molecule has 4 heterocycles. The summed E-state index contributed by atoms with van der Waals surface area (Å²) in [6.45, 7) is 8.52. The first kappa shape index (κ1) is 28.9. The van der Waals surface area contributed by atoms with E-state index in [1.807, 2.05) is 66.4 Å². The van der Waals surface area contributed by atoms with Crippen molar-refractivity contribution < 1.29 is 14.3 Å². The van der Waals surface area contributed by atoms with E-state index in [0.717, 1.165) is 76.2 Å². The molecule has 8 nitrogen and oxygen atoms in total. The lowest BCUT2D eigenvalue weighted by atomic mass is 10.0. The fraction of sp³-hybridized carbons (Fsp3) is 0.294. The molecule has 0 saturated carbocycles. The van der Waals surface area contributed by atoms with Gasteiger partial charge in [0.2, 0.25) is 0 Å². The summed E-state index contributed by atoms with van der Waals surface area (Å²) in [7, 11) is 0. The number of rotatable bonds is 5. The molecular weight excluding hydrogens is 558 g/mol. The third kappa shape index (κ3) is 6.43. The third-order valence-corrected chi connectivity index (χ3v) is 9.07. The average molecular weight is 594 g/mol. The van der Waals surface area contributed by atoms with Gasteiger partial charge >= 0.3 is 0 Å². The Bertz CT molecular complexity index is 1700. The summed E-state index contributed by atoms with van der Waals surface area (Å²) >= 11 is 1.60. The van der Waals surface area contributed by atoms with Crippen LogP contribution >= 0.6 is 11.8 Å². The van der Waals surface area contributed by atoms with Crippen molar-refractivity contribution >= 4 is 40.3 Å². The van der Waals surface area contributed by atoms with Gasteiger partial charge in [0.05, 0.1) is 23.8 Å². The molecule has 220 valence electrons. The average Bonchev–Trinajstić information content (AvgIpc) is 3.51. The number of allylic oxidation sites excluding steroid dienone is 2. The number of benzene rings is 2. The molecule has 9 heteroatoms. The lowest BCUT2D eigenvalue weighted by Crippen LogP contribution is -2.40. The summed E-state index contributed by atoms with van der Waals surface area (Å²) in [6, 6.07) is 15.5. The van der Waals surface area contributed by atoms with Gasteiger partial charge in [0.25, 0.3) is 11.8 Å². The Balaban J connectivity index is 1.26. The highest BCUT2D eigenvalue weighted by molar-refractivity contribution is 8.04. The van der Waals surface area contributed by atoms with Gasteiger partial charge in [-0.1, -0.05) is 42.8 Å². The van der Waals surface area contributed by atoms with Gasteiger partial charge in [-0.05, 0) is 73.4 Å². The van der Waals surface area contributed by atoms with Crippen LogP contribution in [-0.4, -0.2) is 63.7 Å². The SMILES string of the molecule is C=C1/C=C(/C(=O)Nc2cccc(-c3ncnc4[nH]c(-c5ccc(C(=O)N6CCOCC6)cc5)cc34)c2C)SCCCCC1. The van der Waals surface area contributed by atoms with Crippen LogP contribution in [0.25, 0.3) is 33.5 Å². The van der Waals surface area contributed by atoms with Crippen LogP contribution in [0.5, 0.6) is 0 Å². The van der Waals surface area contributed by atoms with Gasteiger partial charge in [-0.25, -0.2) is 9.97 Å². The number of amides is 2. The fourth-order valence-corrected chi connectivity index (χ4v) is 6.51. The van der Waals surface area contributed by atoms with Crippen LogP contribution in [0.2, 0.25) is 0 Å². The fourth-order valence-electron chi connectivity index (χ4n) is 5.51. The maximum Gasteiger partial charge on any atom is 0.262 e. The second kappa shape index (κ2) is 13.0. The molecule has 2 aliphatic heterocycles. The molecule has 43 heavy (non-hydrogen) atoms. The van der Waals surface area contributed by atoms with E-state index >= 15 is 0 Å². The molecule has 2 aromatic heterocycles. The molecule has 0 bridgehead atoms. The van der Waals surface area contributed by atoms with Crippen molar-refractivity contribution in [3.8, 4) is 22.5 Å². The highest BCUT2D eigenvalue weighted by atomic mass is 32.2. The third-order valence-electron chi connectivity index (χ3n) is 7.96. The molecule has 6 rings (SSSR count). The summed E-state index contributed by atoms with van der Waals surface area (Å²) < 4.78 is 5.37. The Morgan fingerprint density at radius 3 is 2.67 bits per heavy atom. The number of morpholine rings is 1. The van der Waals surface area contributed by atoms with Gasteiger partial charge in [-0.3, -0.25) is 9.59 Å². The molecule has 2 aromatic carbocycles. The van der Waals surface area contributed by atoms with E-state index in [1.165, 1.54) is 0 Å². The van der Waals surface area contributed by atoms with Gasteiger partial charge in [-0.2, -0.15) is 0 Å². The Hall–Kier alpha value is -4.21. The topological polar surface area (TPSA) is 100 Å². The lowest BCUT2D eigenvalue weighted by Gasteiger charge is -2.26. The van der Waals surface area contributed by atoms with E-state index < -0.39 is 0 Å². The first-order valence-electron chi connectivity index (χ1n) is 14.7. The zero-order chi connectivity index (χ0) is 29.8. The maximum absolute atomic E-state index is 13.3. The molecule has 2 N–H and O–H groups in total. The van der Waals surface area contributed by atoms with Crippen molar-refractivity contribution in [2.24, 2.45) is 0 Å². The number of nitrogens with zero attached hydrogens (tertiary/aromatic N) is 3. The number of nitrogens with one attached hydrogen (secondary N) is 2. The number of hydrogen-bond donors (Lipinski definition) is 2. The van der Waals surface area contributed by atoms with Crippen LogP contribution in [0.4, 0.5) is 5.69 Å². The first-order valence-corrected chi connectivity index (χ1v) is 15.7. The number of aromatic nitrogens is 3. The number of thioether (sulfide) groups is 1. The normalized spacial score (nSPS) is 17.5. The number of ether oxygens (including phenoxy) is 1. The summed E-state index contributed by atoms with van der Waals surface area (Å²) in [4.78, 5) is 41.3. The van der Waals surface area contributed by atoms with Gasteiger partial charge in [-0.15, -0.1) is 11.8 Å². The van der Waals surface area contributed by atoms with Crippen LogP contribution in [0.1, 0.15) is 41.6 Å². The number of H-pyrrole nitrogens is 1. The predicted octanol–water partition coefficient (Wildman–Crippen LogP) is 6.76. The number of aromatic amines is 1. The number of carbonyl (C=O) groups is 2. The Morgan fingerprint density at radius 2 is 1.86 bits per heavy atom. The minimum absolute atomic E-state index is 0.0203. The predicted molar refractivity (Wildman–Crippen MR) is 173 cm³/mol. The molecule has 1 fully saturated rings. The van der Waals surface area contributed by atoms with Crippen LogP contribution < -0.4 is 5.32 Å². The smallest absolute Gasteiger partial charge is 0.262 e. The molecule has 2 amide bonds. The molecule has 0 radical (unpaired) electrons. The molecule has 2 aliphatic rings. The largest absolute Gasteiger partial charge is 0.378 e. The van der Waals surface area contributed by atoms with Crippen LogP contribution in [0, 0.1) is 6.92 Å². The van der Waals surface area contributed by atoms with E-state index in [2.05, 4.69) is 26.8 Å². The zero-order valence-corrected chi connectivity index (χ0v) is 25.1. The van der Waals surface area contributed by atoms with Crippen LogP contribution in [0.15, 0.2) is 78.0 Å². The van der Waals surface area contributed by atoms with E-state index in [0.29, 0.717) is 42.4 Å². The van der Waals surface area contributed by atoms with E-state index in [1.54, 1.807) is 18.1 Å². The zero-order valence-electron chi connectivity index (χ0n) is 24.3. The first-order chi connectivity index (χ1) is 21.0. The van der Waals surface area contributed by atoms with Crippen LogP contribution in [0.3, 0.4) is 0 Å². The van der Waals surface area contributed by atoms with Crippen molar-refractivity contribution in [1.82, 2.24) is 19.9 Å². The molecule has 0 unspecified atom stereocenters. The highest BCUT2D eigenvalue weighted by Gasteiger charge is 2.20. The molecule has 0 spiro atoms. The minimum atomic E-state index is -0.111. The molecular formula is C34H35N5O3S. The Kier molecular flexibility index (Phi) is 8.72.